The molecule has 1 saturated heterocycles. The summed E-state index contributed by atoms with van der Waals surface area (Å²) in [5.41, 5.74) is 7.63. The molecule has 1 aromatic carbocycles. The zero-order chi connectivity index (χ0) is 14.1. The van der Waals surface area contributed by atoms with Crippen LogP contribution in [0.1, 0.15) is 20.3 Å². The average Bonchev–Trinajstić information content (AvgIpc) is 3.01. The number of rotatable bonds is 4. The zero-order valence-corrected chi connectivity index (χ0v) is 12.9. The van der Waals surface area contributed by atoms with Crippen molar-refractivity contribution >= 4 is 32.4 Å². The van der Waals surface area contributed by atoms with Crippen molar-refractivity contribution < 1.29 is 0 Å². The maximum Gasteiger partial charge on any atom is 0.183 e. The van der Waals surface area contributed by atoms with Crippen LogP contribution in [0.15, 0.2) is 18.2 Å². The highest BCUT2D eigenvalue weighted by molar-refractivity contribution is 7.22. The summed E-state index contributed by atoms with van der Waals surface area (Å²) in [5.74, 6) is 0.731. The molecule has 0 bridgehead atoms. The van der Waals surface area contributed by atoms with Gasteiger partial charge in [0.25, 0.3) is 0 Å². The number of nitrogens with zero attached hydrogens (tertiary/aromatic N) is 2. The van der Waals surface area contributed by atoms with Gasteiger partial charge in [-0.15, -0.1) is 0 Å². The Kier molecular flexibility index (Phi) is 3.81. The first-order valence-electron chi connectivity index (χ1n) is 7.26. The second-order valence-corrected chi connectivity index (χ2v) is 6.90. The fourth-order valence-corrected chi connectivity index (χ4v) is 3.67. The number of nitrogen functional groups attached to an aromatic ring is 1. The molecule has 3 rings (SSSR count). The molecule has 0 radical (unpaired) electrons. The molecule has 3 N–H and O–H groups in total. The van der Waals surface area contributed by atoms with E-state index in [9.17, 15) is 0 Å². The van der Waals surface area contributed by atoms with E-state index < -0.39 is 0 Å². The minimum atomic E-state index is 0.658. The standard InChI is InChI=1S/C15H22N4S/c1-10(2)19-6-5-11(9-19)8-17-15-18-13-4-3-12(16)7-14(13)20-15/h3-4,7,10-11H,5-6,8-9,16H2,1-2H3,(H,17,18). The first-order valence-corrected chi connectivity index (χ1v) is 8.07. The highest BCUT2D eigenvalue weighted by Gasteiger charge is 2.24. The third-order valence-corrected chi connectivity index (χ3v) is 4.98. The molecule has 20 heavy (non-hydrogen) atoms. The van der Waals surface area contributed by atoms with E-state index in [-0.39, 0.29) is 0 Å². The molecule has 4 nitrogen and oxygen atoms in total. The topological polar surface area (TPSA) is 54.2 Å². The van der Waals surface area contributed by atoms with Crippen LogP contribution in [-0.2, 0) is 0 Å². The molecular weight excluding hydrogens is 268 g/mol. The van der Waals surface area contributed by atoms with E-state index in [4.69, 9.17) is 5.73 Å². The summed E-state index contributed by atoms with van der Waals surface area (Å²) in [6, 6.07) is 6.55. The Morgan fingerprint density at radius 3 is 3.10 bits per heavy atom. The van der Waals surface area contributed by atoms with E-state index in [1.807, 2.05) is 18.2 Å². The normalized spacial score (nSPS) is 20.1. The van der Waals surface area contributed by atoms with Gasteiger partial charge in [-0.05, 0) is 50.9 Å². The van der Waals surface area contributed by atoms with E-state index in [2.05, 4.69) is 29.0 Å². The predicted octanol–water partition coefficient (Wildman–Crippen LogP) is 3.02. The van der Waals surface area contributed by atoms with Crippen LogP contribution in [-0.4, -0.2) is 35.6 Å². The molecule has 5 heteroatoms. The Hall–Kier alpha value is -1.33. The fourth-order valence-electron chi connectivity index (χ4n) is 2.75. The number of nitrogens with two attached hydrogens (primary N) is 1. The molecule has 2 aromatic rings. The van der Waals surface area contributed by atoms with Crippen molar-refractivity contribution in [2.24, 2.45) is 5.92 Å². The van der Waals surface area contributed by atoms with Crippen LogP contribution in [0, 0.1) is 5.92 Å². The quantitative estimate of drug-likeness (QED) is 0.850. The van der Waals surface area contributed by atoms with Crippen molar-refractivity contribution in [1.82, 2.24) is 9.88 Å². The van der Waals surface area contributed by atoms with E-state index in [1.165, 1.54) is 19.5 Å². The van der Waals surface area contributed by atoms with Crippen molar-refractivity contribution in [3.05, 3.63) is 18.2 Å². The second-order valence-electron chi connectivity index (χ2n) is 5.87. The van der Waals surface area contributed by atoms with Gasteiger partial charge in [0.05, 0.1) is 10.2 Å². The van der Waals surface area contributed by atoms with Crippen LogP contribution in [0.5, 0.6) is 0 Å². The lowest BCUT2D eigenvalue weighted by molar-refractivity contribution is 0.266. The zero-order valence-electron chi connectivity index (χ0n) is 12.1. The van der Waals surface area contributed by atoms with Crippen LogP contribution in [0.2, 0.25) is 0 Å². The lowest BCUT2D eigenvalue weighted by Gasteiger charge is -2.20. The molecule has 0 saturated carbocycles. The largest absolute Gasteiger partial charge is 0.399 e. The smallest absolute Gasteiger partial charge is 0.183 e. The van der Waals surface area contributed by atoms with Gasteiger partial charge in [-0.1, -0.05) is 11.3 Å². The molecule has 1 aliphatic rings. The summed E-state index contributed by atoms with van der Waals surface area (Å²) in [6.45, 7) is 7.98. The van der Waals surface area contributed by atoms with Gasteiger partial charge in [-0.25, -0.2) is 4.98 Å². The van der Waals surface area contributed by atoms with Crippen LogP contribution >= 0.6 is 11.3 Å². The number of likely N-dealkylation sites (tertiary alicyclic amines) is 1. The Labute approximate surface area is 124 Å². The summed E-state index contributed by atoms with van der Waals surface area (Å²) in [4.78, 5) is 7.15. The van der Waals surface area contributed by atoms with Crippen molar-refractivity contribution in [3.63, 3.8) is 0 Å². The van der Waals surface area contributed by atoms with Crippen molar-refractivity contribution in [3.8, 4) is 0 Å². The van der Waals surface area contributed by atoms with Gasteiger partial charge < -0.3 is 16.0 Å². The van der Waals surface area contributed by atoms with E-state index in [0.29, 0.717) is 6.04 Å². The Bertz CT molecular complexity index is 593. The number of anilines is 2. The number of fused-ring (bicyclic) bond motifs is 1. The summed E-state index contributed by atoms with van der Waals surface area (Å²) in [7, 11) is 0. The monoisotopic (exact) mass is 290 g/mol. The van der Waals surface area contributed by atoms with Gasteiger partial charge in [-0.3, -0.25) is 0 Å². The van der Waals surface area contributed by atoms with Crippen LogP contribution in [0.4, 0.5) is 10.8 Å². The third-order valence-electron chi connectivity index (χ3n) is 4.00. The van der Waals surface area contributed by atoms with Crippen molar-refractivity contribution in [1.29, 1.82) is 0 Å². The molecule has 1 unspecified atom stereocenters. The number of aromatic nitrogens is 1. The molecule has 1 aliphatic heterocycles. The fraction of sp³-hybridized carbons (Fsp3) is 0.533. The SMILES string of the molecule is CC(C)N1CCC(CNc2nc3ccc(N)cc3s2)C1. The van der Waals surface area contributed by atoms with E-state index in [0.717, 1.165) is 33.5 Å². The minimum Gasteiger partial charge on any atom is -0.399 e. The van der Waals surface area contributed by atoms with Crippen LogP contribution in [0.25, 0.3) is 10.2 Å². The molecule has 1 fully saturated rings. The summed E-state index contributed by atoms with van der Waals surface area (Å²) < 4.78 is 1.16. The van der Waals surface area contributed by atoms with Crippen LogP contribution in [0.3, 0.4) is 0 Å². The second kappa shape index (κ2) is 5.58. The van der Waals surface area contributed by atoms with Gasteiger partial charge in [-0.2, -0.15) is 0 Å². The number of hydrogen-bond acceptors (Lipinski definition) is 5. The first-order chi connectivity index (χ1) is 9.61. The maximum atomic E-state index is 5.80. The van der Waals surface area contributed by atoms with Gasteiger partial charge >= 0.3 is 0 Å². The summed E-state index contributed by atoms with van der Waals surface area (Å²) in [6.07, 6.45) is 1.28. The Balaban J connectivity index is 1.60. The van der Waals surface area contributed by atoms with E-state index in [1.54, 1.807) is 11.3 Å². The third kappa shape index (κ3) is 2.88. The molecular formula is C15H22N4S. The minimum absolute atomic E-state index is 0.658. The van der Waals surface area contributed by atoms with Gasteiger partial charge in [0.15, 0.2) is 5.13 Å². The highest BCUT2D eigenvalue weighted by Crippen LogP contribution is 2.28. The number of thiazole rings is 1. The Morgan fingerprint density at radius 2 is 2.35 bits per heavy atom. The maximum absolute atomic E-state index is 5.80. The first kappa shape index (κ1) is 13.6. The summed E-state index contributed by atoms with van der Waals surface area (Å²) in [5, 5.41) is 4.50. The number of benzene rings is 1. The Morgan fingerprint density at radius 1 is 1.50 bits per heavy atom. The van der Waals surface area contributed by atoms with Crippen molar-refractivity contribution in [2.45, 2.75) is 26.3 Å². The predicted molar refractivity (Wildman–Crippen MR) is 87.3 cm³/mol. The van der Waals surface area contributed by atoms with Gasteiger partial charge in [0.1, 0.15) is 0 Å². The van der Waals surface area contributed by atoms with Crippen molar-refractivity contribution in [2.75, 3.05) is 30.7 Å². The lowest BCUT2D eigenvalue weighted by atomic mass is 10.1. The summed E-state index contributed by atoms with van der Waals surface area (Å²) >= 11 is 1.69. The van der Waals surface area contributed by atoms with Gasteiger partial charge in [0, 0.05) is 24.8 Å². The molecule has 0 amide bonds. The lowest BCUT2D eigenvalue weighted by Crippen LogP contribution is -2.29. The molecule has 108 valence electrons. The molecule has 0 spiro atoms. The average molecular weight is 290 g/mol. The molecule has 2 heterocycles. The molecule has 0 aliphatic carbocycles. The van der Waals surface area contributed by atoms with Crippen LogP contribution < -0.4 is 11.1 Å². The molecule has 1 aromatic heterocycles. The molecule has 1 atom stereocenters. The van der Waals surface area contributed by atoms with Gasteiger partial charge in [0.2, 0.25) is 0 Å². The van der Waals surface area contributed by atoms with E-state index >= 15 is 0 Å². The highest BCUT2D eigenvalue weighted by atomic mass is 32.1. The number of hydrogen-bond donors (Lipinski definition) is 2. The number of nitrogens with one attached hydrogen (secondary N) is 1.